The first kappa shape index (κ1) is 24.8. The summed E-state index contributed by atoms with van der Waals surface area (Å²) in [4.78, 5) is 16.2. The topological polar surface area (TPSA) is 77.2 Å². The first-order chi connectivity index (χ1) is 16.9. The minimum absolute atomic E-state index is 0. The number of amidine groups is 1. The number of amides is 1. The number of aryl methyl sites for hydroxylation is 2. The highest BCUT2D eigenvalue weighted by Gasteiger charge is 2.29. The van der Waals surface area contributed by atoms with E-state index in [0.29, 0.717) is 25.0 Å². The number of nitrogens with one attached hydrogen (secondary N) is 2. The second-order valence-electron chi connectivity index (χ2n) is 9.65. The number of fused-ring (bicyclic) bond motifs is 1. The van der Waals surface area contributed by atoms with Gasteiger partial charge in [0.15, 0.2) is 0 Å². The van der Waals surface area contributed by atoms with E-state index in [1.54, 1.807) is 6.92 Å². The first-order valence-corrected chi connectivity index (χ1v) is 12.7. The molecule has 3 heterocycles. The van der Waals surface area contributed by atoms with E-state index < -0.39 is 0 Å². The standard InChI is InChI=1S/C28H38N6O.H2/c1-5-8-24(9-6-2)31-26-13-15-33(20(3)35)19-25(26)28(29)34-14-7-10-22-16-21(11-12-27(22)34)23-17-30-32(4)18-23;/h5,11-12,16-18,24,29,31H,1,6-10,13-15,19H2,2-4H3;1H. The van der Waals surface area contributed by atoms with E-state index in [0.717, 1.165) is 73.2 Å². The Morgan fingerprint density at radius 3 is 2.83 bits per heavy atom. The molecule has 1 amide bonds. The van der Waals surface area contributed by atoms with E-state index in [9.17, 15) is 10.2 Å². The summed E-state index contributed by atoms with van der Waals surface area (Å²) in [5.41, 5.74) is 6.64. The van der Waals surface area contributed by atoms with Gasteiger partial charge in [-0.3, -0.25) is 14.9 Å². The lowest BCUT2D eigenvalue weighted by atomic mass is 9.95. The quantitative estimate of drug-likeness (QED) is 0.323. The number of hydrogen-bond acceptors (Lipinski definition) is 4. The van der Waals surface area contributed by atoms with Crippen molar-refractivity contribution in [2.45, 2.75) is 58.4 Å². The molecule has 0 fully saturated rings. The molecule has 0 spiro atoms. The maximum absolute atomic E-state index is 12.2. The first-order valence-electron chi connectivity index (χ1n) is 12.7. The van der Waals surface area contributed by atoms with E-state index in [4.69, 9.17) is 0 Å². The summed E-state index contributed by atoms with van der Waals surface area (Å²) < 4.78 is 1.82. The third-order valence-electron chi connectivity index (χ3n) is 7.05. The Labute approximate surface area is 210 Å². The molecule has 0 saturated carbocycles. The molecular formula is C28H40N6O. The molecule has 0 bridgehead atoms. The zero-order chi connectivity index (χ0) is 24.9. The third-order valence-corrected chi connectivity index (χ3v) is 7.05. The Kier molecular flexibility index (Phi) is 7.73. The minimum atomic E-state index is 0. The summed E-state index contributed by atoms with van der Waals surface area (Å²) >= 11 is 0. The Hall–Kier alpha value is -3.35. The van der Waals surface area contributed by atoms with Crippen molar-refractivity contribution >= 4 is 17.4 Å². The molecule has 2 aliphatic rings. The second-order valence-corrected chi connectivity index (χ2v) is 9.65. The van der Waals surface area contributed by atoms with Gasteiger partial charge in [-0.2, -0.15) is 5.10 Å². The highest BCUT2D eigenvalue weighted by Crippen LogP contribution is 2.33. The fraction of sp³-hybridized carbons (Fsp3) is 0.464. The van der Waals surface area contributed by atoms with Gasteiger partial charge in [-0.05, 0) is 48.9 Å². The number of benzene rings is 1. The molecule has 0 aliphatic carbocycles. The van der Waals surface area contributed by atoms with Gasteiger partial charge >= 0.3 is 0 Å². The predicted octanol–water partition coefficient (Wildman–Crippen LogP) is 4.90. The van der Waals surface area contributed by atoms with Crippen LogP contribution >= 0.6 is 0 Å². The van der Waals surface area contributed by atoms with Gasteiger partial charge in [0, 0.05) is 69.7 Å². The lowest BCUT2D eigenvalue weighted by Gasteiger charge is -2.37. The number of rotatable bonds is 8. The molecule has 188 valence electrons. The van der Waals surface area contributed by atoms with Gasteiger partial charge in [-0.25, -0.2) is 0 Å². The number of hydrogen-bond donors (Lipinski definition) is 2. The second kappa shape index (κ2) is 10.9. The lowest BCUT2D eigenvalue weighted by Crippen LogP contribution is -2.46. The Balaban J connectivity index is 0.00000361. The number of carbonyl (C=O) groups is 1. The SMILES string of the molecule is C=CCC(CCC)NC1=C(C(=N)N2CCCc3cc(-c4cnn(C)c4)ccc32)CN(C(C)=O)CC1.[HH]. The number of carbonyl (C=O) groups excluding carboxylic acids is 1. The third kappa shape index (κ3) is 5.50. The summed E-state index contributed by atoms with van der Waals surface area (Å²) in [5.74, 6) is 0.563. The van der Waals surface area contributed by atoms with Crippen LogP contribution in [0.15, 0.2) is 54.5 Å². The van der Waals surface area contributed by atoms with Crippen LogP contribution < -0.4 is 10.2 Å². The molecule has 1 aromatic carbocycles. The maximum Gasteiger partial charge on any atom is 0.219 e. The van der Waals surface area contributed by atoms with Crippen molar-refractivity contribution in [1.29, 1.82) is 5.41 Å². The van der Waals surface area contributed by atoms with Crippen molar-refractivity contribution < 1.29 is 6.22 Å². The van der Waals surface area contributed by atoms with Crippen molar-refractivity contribution in [3.63, 3.8) is 0 Å². The highest BCUT2D eigenvalue weighted by atomic mass is 16.2. The highest BCUT2D eigenvalue weighted by molar-refractivity contribution is 6.09. The van der Waals surface area contributed by atoms with E-state index in [-0.39, 0.29) is 7.33 Å². The normalized spacial score (nSPS) is 16.7. The molecule has 2 N–H and O–H groups in total. The largest absolute Gasteiger partial charge is 0.385 e. The Morgan fingerprint density at radius 1 is 1.31 bits per heavy atom. The fourth-order valence-corrected chi connectivity index (χ4v) is 5.20. The van der Waals surface area contributed by atoms with E-state index in [2.05, 4.69) is 47.0 Å². The molecule has 1 atom stereocenters. The molecule has 2 aromatic rings. The van der Waals surface area contributed by atoms with Crippen LogP contribution in [0.5, 0.6) is 0 Å². The van der Waals surface area contributed by atoms with Crippen LogP contribution in [0, 0.1) is 5.41 Å². The zero-order valence-corrected chi connectivity index (χ0v) is 21.3. The average molecular weight is 477 g/mol. The molecule has 35 heavy (non-hydrogen) atoms. The van der Waals surface area contributed by atoms with Gasteiger partial charge in [0.2, 0.25) is 5.91 Å². The van der Waals surface area contributed by atoms with Gasteiger partial charge in [-0.15, -0.1) is 6.58 Å². The molecule has 1 unspecified atom stereocenters. The van der Waals surface area contributed by atoms with Gasteiger partial charge in [0.1, 0.15) is 5.84 Å². The minimum Gasteiger partial charge on any atom is -0.385 e. The molecule has 1 aromatic heterocycles. The van der Waals surface area contributed by atoms with E-state index in [1.807, 2.05) is 35.1 Å². The van der Waals surface area contributed by atoms with E-state index in [1.165, 1.54) is 5.56 Å². The summed E-state index contributed by atoms with van der Waals surface area (Å²) in [6.45, 7) is 9.71. The molecule has 7 heteroatoms. The van der Waals surface area contributed by atoms with Crippen molar-refractivity contribution in [3.8, 4) is 11.1 Å². The molecule has 4 rings (SSSR count). The van der Waals surface area contributed by atoms with E-state index >= 15 is 0 Å². The zero-order valence-electron chi connectivity index (χ0n) is 21.3. The molecule has 0 radical (unpaired) electrons. The lowest BCUT2D eigenvalue weighted by molar-refractivity contribution is -0.128. The van der Waals surface area contributed by atoms with Crippen LogP contribution in [0.3, 0.4) is 0 Å². The van der Waals surface area contributed by atoms with Crippen LogP contribution in [-0.4, -0.2) is 52.1 Å². The van der Waals surface area contributed by atoms with Gasteiger partial charge < -0.3 is 15.1 Å². The van der Waals surface area contributed by atoms with Crippen molar-refractivity contribution in [3.05, 3.63) is 60.1 Å². The number of anilines is 1. The molecule has 7 nitrogen and oxygen atoms in total. The maximum atomic E-state index is 12.2. The summed E-state index contributed by atoms with van der Waals surface area (Å²) in [6.07, 6.45) is 11.6. The van der Waals surface area contributed by atoms with Crippen LogP contribution in [0.1, 0.15) is 52.9 Å². The Morgan fingerprint density at radius 2 is 2.14 bits per heavy atom. The summed E-state index contributed by atoms with van der Waals surface area (Å²) in [5, 5.41) is 17.3. The van der Waals surface area contributed by atoms with Gasteiger partial charge in [-0.1, -0.05) is 25.5 Å². The monoisotopic (exact) mass is 476 g/mol. The smallest absolute Gasteiger partial charge is 0.219 e. The summed E-state index contributed by atoms with van der Waals surface area (Å²) in [6, 6.07) is 6.81. The van der Waals surface area contributed by atoms with Gasteiger partial charge in [0.25, 0.3) is 0 Å². The summed E-state index contributed by atoms with van der Waals surface area (Å²) in [7, 11) is 1.93. The van der Waals surface area contributed by atoms with Crippen molar-refractivity contribution in [2.75, 3.05) is 24.5 Å². The fourth-order valence-electron chi connectivity index (χ4n) is 5.20. The number of aromatic nitrogens is 2. The van der Waals surface area contributed by atoms with Crippen LogP contribution in [-0.2, 0) is 18.3 Å². The molecular weight excluding hydrogens is 436 g/mol. The molecule has 0 saturated heterocycles. The van der Waals surface area contributed by atoms with Crippen LogP contribution in [0.4, 0.5) is 5.69 Å². The van der Waals surface area contributed by atoms with Crippen molar-refractivity contribution in [2.24, 2.45) is 7.05 Å². The Bertz CT molecular complexity index is 1140. The number of nitrogens with zero attached hydrogens (tertiary/aromatic N) is 4. The van der Waals surface area contributed by atoms with Crippen LogP contribution in [0.2, 0.25) is 0 Å². The van der Waals surface area contributed by atoms with Crippen molar-refractivity contribution in [1.82, 2.24) is 20.0 Å². The predicted molar refractivity (Wildman–Crippen MR) is 145 cm³/mol. The van der Waals surface area contributed by atoms with Gasteiger partial charge in [0.05, 0.1) is 12.7 Å². The average Bonchev–Trinajstić information content (AvgIpc) is 3.29. The van der Waals surface area contributed by atoms with Crippen LogP contribution in [0.25, 0.3) is 11.1 Å². The molecule has 2 aliphatic heterocycles.